The van der Waals surface area contributed by atoms with Gasteiger partial charge in [0.15, 0.2) is 6.54 Å². The highest BCUT2D eigenvalue weighted by molar-refractivity contribution is 6.03. The fraction of sp³-hybridized carbons (Fsp3) is 0.407. The SMILES string of the molecule is COc1cc(OC)c(/C=C/C(=O)Nc2ccc(OC)c(NC(=O)C[N+](CCO)(CCO)CCO)c2)c(OC)c1. The van der Waals surface area contributed by atoms with Crippen LogP contribution in [0.1, 0.15) is 5.56 Å². The number of carbonyl (C=O) groups is 2. The third kappa shape index (κ3) is 8.86. The molecule has 12 nitrogen and oxygen atoms in total. The van der Waals surface area contributed by atoms with E-state index in [9.17, 15) is 24.9 Å². The molecule has 0 saturated heterocycles. The number of benzene rings is 2. The monoisotopic (exact) mass is 548 g/mol. The highest BCUT2D eigenvalue weighted by Crippen LogP contribution is 2.35. The van der Waals surface area contributed by atoms with Crippen molar-refractivity contribution in [2.75, 3.05) is 85.1 Å². The number of hydrogen-bond acceptors (Lipinski definition) is 9. The lowest BCUT2D eigenvalue weighted by Crippen LogP contribution is -2.56. The molecule has 2 amide bonds. The quantitative estimate of drug-likeness (QED) is 0.153. The van der Waals surface area contributed by atoms with Crippen molar-refractivity contribution in [2.24, 2.45) is 0 Å². The Hall–Kier alpha value is -3.84. The molecule has 0 bridgehead atoms. The number of aliphatic hydroxyl groups excluding tert-OH is 3. The molecule has 0 atom stereocenters. The largest absolute Gasteiger partial charge is 0.496 e. The summed E-state index contributed by atoms with van der Waals surface area (Å²) in [5, 5.41) is 33.9. The maximum Gasteiger partial charge on any atom is 0.279 e. The Kier molecular flexibility index (Phi) is 12.5. The molecule has 0 spiro atoms. The molecule has 214 valence electrons. The van der Waals surface area contributed by atoms with E-state index in [0.29, 0.717) is 39.9 Å². The van der Waals surface area contributed by atoms with Gasteiger partial charge in [0, 0.05) is 23.9 Å². The number of quaternary nitrogens is 1. The average Bonchev–Trinajstić information content (AvgIpc) is 2.91. The third-order valence-corrected chi connectivity index (χ3v) is 6.10. The van der Waals surface area contributed by atoms with Crippen molar-refractivity contribution in [3.63, 3.8) is 0 Å². The minimum absolute atomic E-state index is 0.0111. The van der Waals surface area contributed by atoms with E-state index in [4.69, 9.17) is 18.9 Å². The predicted molar refractivity (Wildman–Crippen MR) is 146 cm³/mol. The van der Waals surface area contributed by atoms with Gasteiger partial charge < -0.3 is 49.4 Å². The molecule has 0 aliphatic heterocycles. The van der Waals surface area contributed by atoms with E-state index in [1.807, 2.05) is 0 Å². The van der Waals surface area contributed by atoms with Gasteiger partial charge in [0.25, 0.3) is 5.91 Å². The topological polar surface area (TPSA) is 156 Å². The van der Waals surface area contributed by atoms with Gasteiger partial charge >= 0.3 is 0 Å². The number of carbonyl (C=O) groups excluding carboxylic acids is 2. The van der Waals surface area contributed by atoms with Crippen molar-refractivity contribution in [1.29, 1.82) is 0 Å². The van der Waals surface area contributed by atoms with Crippen molar-refractivity contribution >= 4 is 29.3 Å². The van der Waals surface area contributed by atoms with Crippen LogP contribution in [-0.4, -0.2) is 106 Å². The van der Waals surface area contributed by atoms with Gasteiger partial charge in [0.2, 0.25) is 5.91 Å². The van der Waals surface area contributed by atoms with Crippen LogP contribution < -0.4 is 29.6 Å². The first-order valence-corrected chi connectivity index (χ1v) is 12.2. The number of methoxy groups -OCH3 is 4. The molecule has 2 aromatic carbocycles. The van der Waals surface area contributed by atoms with Crippen molar-refractivity contribution in [2.45, 2.75) is 0 Å². The normalized spacial score (nSPS) is 11.3. The summed E-state index contributed by atoms with van der Waals surface area (Å²) in [4.78, 5) is 25.6. The molecule has 0 unspecified atom stereocenters. The number of hydrogen-bond donors (Lipinski definition) is 5. The first-order valence-electron chi connectivity index (χ1n) is 12.2. The second-order valence-electron chi connectivity index (χ2n) is 8.57. The molecule has 0 aromatic heterocycles. The molecule has 2 aromatic rings. The Labute approximate surface area is 228 Å². The molecule has 0 heterocycles. The van der Waals surface area contributed by atoms with Crippen molar-refractivity contribution in [1.82, 2.24) is 0 Å². The van der Waals surface area contributed by atoms with Crippen LogP contribution in [0.15, 0.2) is 36.4 Å². The molecular weight excluding hydrogens is 510 g/mol. The number of ether oxygens (including phenoxy) is 4. The Morgan fingerprint density at radius 3 is 1.85 bits per heavy atom. The Bertz CT molecular complexity index is 1100. The lowest BCUT2D eigenvalue weighted by Gasteiger charge is -2.36. The first-order chi connectivity index (χ1) is 18.8. The number of rotatable bonds is 16. The summed E-state index contributed by atoms with van der Waals surface area (Å²) in [6, 6.07) is 8.12. The zero-order valence-corrected chi connectivity index (χ0v) is 22.7. The molecule has 39 heavy (non-hydrogen) atoms. The van der Waals surface area contributed by atoms with Gasteiger partial charge in [-0.25, -0.2) is 0 Å². The minimum Gasteiger partial charge on any atom is -0.496 e. The smallest absolute Gasteiger partial charge is 0.279 e. The third-order valence-electron chi connectivity index (χ3n) is 6.10. The highest BCUT2D eigenvalue weighted by atomic mass is 16.5. The number of nitrogens with one attached hydrogen (secondary N) is 2. The highest BCUT2D eigenvalue weighted by Gasteiger charge is 2.29. The molecule has 0 aliphatic carbocycles. The molecule has 0 saturated carbocycles. The second-order valence-corrected chi connectivity index (χ2v) is 8.57. The molecule has 0 fully saturated rings. The van der Waals surface area contributed by atoms with Gasteiger partial charge in [-0.1, -0.05) is 0 Å². The van der Waals surface area contributed by atoms with Gasteiger partial charge in [-0.3, -0.25) is 9.59 Å². The number of anilines is 2. The van der Waals surface area contributed by atoms with Crippen LogP contribution in [0.25, 0.3) is 6.08 Å². The predicted octanol–water partition coefficient (Wildman–Crippen LogP) is 1.11. The minimum atomic E-state index is -0.443. The zero-order valence-electron chi connectivity index (χ0n) is 22.7. The molecule has 0 aliphatic rings. The maximum atomic E-state index is 12.9. The second kappa shape index (κ2) is 15.5. The van der Waals surface area contributed by atoms with Gasteiger partial charge in [-0.15, -0.1) is 0 Å². The summed E-state index contributed by atoms with van der Waals surface area (Å²) in [7, 11) is 5.97. The van der Waals surface area contributed by atoms with Crippen LogP contribution in [0.5, 0.6) is 23.0 Å². The first kappa shape index (κ1) is 31.4. The summed E-state index contributed by atoms with van der Waals surface area (Å²) < 4.78 is 21.4. The maximum absolute atomic E-state index is 12.9. The van der Waals surface area contributed by atoms with Crippen molar-refractivity contribution in [3.8, 4) is 23.0 Å². The summed E-state index contributed by atoms with van der Waals surface area (Å²) >= 11 is 0. The van der Waals surface area contributed by atoms with Crippen LogP contribution in [0.3, 0.4) is 0 Å². The molecule has 12 heteroatoms. The van der Waals surface area contributed by atoms with E-state index in [1.165, 1.54) is 34.5 Å². The fourth-order valence-electron chi connectivity index (χ4n) is 4.13. The van der Waals surface area contributed by atoms with E-state index in [-0.39, 0.29) is 50.5 Å². The van der Waals surface area contributed by atoms with Crippen LogP contribution >= 0.6 is 0 Å². The molecule has 5 N–H and O–H groups in total. The van der Waals surface area contributed by atoms with E-state index in [2.05, 4.69) is 10.6 Å². The van der Waals surface area contributed by atoms with Crippen LogP contribution in [0, 0.1) is 0 Å². The standard InChI is InChI=1S/C27H37N3O9/c1-36-20-16-24(38-3)21(25(17-20)39-4)6-8-26(34)28-19-5-7-23(37-2)22(15-19)29-27(35)18-30(9-12-31,10-13-32)11-14-33/h5-8,15-17,31-33H,9-14,18H2,1-4H3,(H-,28,29,34,35)/p+1/b8-6+. The van der Waals surface area contributed by atoms with Crippen LogP contribution in [-0.2, 0) is 9.59 Å². The molecular formula is C27H38N3O9+. The molecule has 0 radical (unpaired) electrons. The van der Waals surface area contributed by atoms with Gasteiger partial charge in [0.05, 0.1) is 59.5 Å². The summed E-state index contributed by atoms with van der Waals surface area (Å²) in [6.07, 6.45) is 2.87. The number of aliphatic hydroxyl groups is 3. The summed E-state index contributed by atoms with van der Waals surface area (Å²) in [5.74, 6) is 0.977. The van der Waals surface area contributed by atoms with Gasteiger partial charge in [-0.2, -0.15) is 0 Å². The number of amides is 2. The average molecular weight is 549 g/mol. The van der Waals surface area contributed by atoms with Gasteiger partial charge in [-0.05, 0) is 24.3 Å². The number of nitrogens with zero attached hydrogens (tertiary/aromatic N) is 1. The van der Waals surface area contributed by atoms with Gasteiger partial charge in [0.1, 0.15) is 42.6 Å². The summed E-state index contributed by atoms with van der Waals surface area (Å²) in [6.45, 7) is -0.136. The Morgan fingerprint density at radius 1 is 0.795 bits per heavy atom. The van der Waals surface area contributed by atoms with Crippen LogP contribution in [0.4, 0.5) is 11.4 Å². The lowest BCUT2D eigenvalue weighted by molar-refractivity contribution is -0.921. The van der Waals surface area contributed by atoms with E-state index in [1.54, 1.807) is 36.4 Å². The van der Waals surface area contributed by atoms with Crippen LogP contribution in [0.2, 0.25) is 0 Å². The van der Waals surface area contributed by atoms with E-state index >= 15 is 0 Å². The fourth-order valence-corrected chi connectivity index (χ4v) is 4.13. The lowest BCUT2D eigenvalue weighted by atomic mass is 10.1. The van der Waals surface area contributed by atoms with E-state index < -0.39 is 11.8 Å². The van der Waals surface area contributed by atoms with E-state index in [0.717, 1.165) is 0 Å². The summed E-state index contributed by atoms with van der Waals surface area (Å²) in [5.41, 5.74) is 1.27. The Morgan fingerprint density at radius 2 is 1.36 bits per heavy atom. The zero-order chi connectivity index (χ0) is 28.8. The van der Waals surface area contributed by atoms with Crippen molar-refractivity contribution in [3.05, 3.63) is 42.0 Å². The van der Waals surface area contributed by atoms with Crippen molar-refractivity contribution < 1.29 is 48.3 Å². The molecule has 2 rings (SSSR count). The Balaban J connectivity index is 2.22.